The van der Waals surface area contributed by atoms with Crippen molar-refractivity contribution < 1.29 is 4.74 Å². The van der Waals surface area contributed by atoms with Gasteiger partial charge in [0, 0.05) is 18.1 Å². The molecule has 2 atom stereocenters. The molecule has 0 aliphatic carbocycles. The maximum atomic E-state index is 12.1. The first-order chi connectivity index (χ1) is 10.0. The number of nitrogens with zero attached hydrogens (tertiary/aromatic N) is 2. The van der Waals surface area contributed by atoms with Crippen molar-refractivity contribution in [2.24, 2.45) is 0 Å². The fourth-order valence-electron chi connectivity index (χ4n) is 2.86. The summed E-state index contributed by atoms with van der Waals surface area (Å²) in [5.74, 6) is 0.663. The largest absolute Gasteiger partial charge is 0.373 e. The number of morpholine rings is 1. The number of hydrogen-bond donors (Lipinski definition) is 1. The predicted molar refractivity (Wildman–Crippen MR) is 82.7 cm³/mol. The number of rotatable bonds is 2. The van der Waals surface area contributed by atoms with Gasteiger partial charge in [-0.1, -0.05) is 11.6 Å². The minimum absolute atomic E-state index is 0.124. The topological polar surface area (TPSA) is 58.2 Å². The van der Waals surface area contributed by atoms with Gasteiger partial charge in [-0.2, -0.15) is 0 Å². The van der Waals surface area contributed by atoms with Crippen molar-refractivity contribution in [2.75, 3.05) is 13.1 Å². The van der Waals surface area contributed by atoms with E-state index < -0.39 is 0 Å². The van der Waals surface area contributed by atoms with Crippen LogP contribution in [0.3, 0.4) is 0 Å². The van der Waals surface area contributed by atoms with Crippen LogP contribution in [-0.2, 0) is 11.3 Å². The summed E-state index contributed by atoms with van der Waals surface area (Å²) in [4.78, 5) is 21.7. The molecule has 1 N–H and O–H groups in total. The Labute approximate surface area is 127 Å². The van der Waals surface area contributed by atoms with Gasteiger partial charge in [0.1, 0.15) is 5.82 Å². The van der Waals surface area contributed by atoms with Crippen molar-refractivity contribution in [3.05, 3.63) is 39.4 Å². The van der Waals surface area contributed by atoms with E-state index in [2.05, 4.69) is 28.7 Å². The third-order valence-electron chi connectivity index (χ3n) is 3.59. The SMILES string of the molecule is CC1CN(Cc2nc3cc(Cl)ccc3c(=O)[nH]2)CC(C)O1. The maximum absolute atomic E-state index is 12.1. The second-order valence-corrected chi connectivity index (χ2v) is 6.06. The van der Waals surface area contributed by atoms with E-state index in [9.17, 15) is 4.79 Å². The molecule has 2 unspecified atom stereocenters. The maximum Gasteiger partial charge on any atom is 0.258 e. The molecule has 6 heteroatoms. The van der Waals surface area contributed by atoms with Crippen LogP contribution >= 0.6 is 11.6 Å². The van der Waals surface area contributed by atoms with Crippen LogP contribution in [0.2, 0.25) is 5.02 Å². The minimum Gasteiger partial charge on any atom is -0.373 e. The van der Waals surface area contributed by atoms with E-state index in [1.54, 1.807) is 18.2 Å². The number of halogens is 1. The summed E-state index contributed by atoms with van der Waals surface area (Å²) in [6.45, 7) is 6.39. The number of aromatic nitrogens is 2. The van der Waals surface area contributed by atoms with Gasteiger partial charge in [-0.3, -0.25) is 9.69 Å². The van der Waals surface area contributed by atoms with Crippen LogP contribution in [-0.4, -0.2) is 40.2 Å². The highest BCUT2D eigenvalue weighted by Gasteiger charge is 2.22. The van der Waals surface area contributed by atoms with Crippen molar-refractivity contribution in [3.63, 3.8) is 0 Å². The van der Waals surface area contributed by atoms with E-state index in [1.807, 2.05) is 0 Å². The molecule has 1 aromatic carbocycles. The Morgan fingerprint density at radius 1 is 1.38 bits per heavy atom. The van der Waals surface area contributed by atoms with Gasteiger partial charge >= 0.3 is 0 Å². The second kappa shape index (κ2) is 5.75. The standard InChI is InChI=1S/C15H18ClN3O2/c1-9-6-19(7-10(2)21-9)8-14-17-13-5-11(16)3-4-12(13)15(20)18-14/h3-5,9-10H,6-8H2,1-2H3,(H,17,18,20). The van der Waals surface area contributed by atoms with Gasteiger partial charge in [0.2, 0.25) is 0 Å². The minimum atomic E-state index is -0.124. The lowest BCUT2D eigenvalue weighted by atomic mass is 10.2. The Morgan fingerprint density at radius 2 is 2.10 bits per heavy atom. The van der Waals surface area contributed by atoms with Gasteiger partial charge in [0.25, 0.3) is 5.56 Å². The van der Waals surface area contributed by atoms with Crippen LogP contribution in [0.1, 0.15) is 19.7 Å². The molecular weight excluding hydrogens is 290 g/mol. The number of H-pyrrole nitrogens is 1. The summed E-state index contributed by atoms with van der Waals surface area (Å²) < 4.78 is 5.71. The fourth-order valence-corrected chi connectivity index (χ4v) is 3.03. The quantitative estimate of drug-likeness (QED) is 0.924. The van der Waals surface area contributed by atoms with E-state index in [-0.39, 0.29) is 17.8 Å². The predicted octanol–water partition coefficient (Wildman–Crippen LogP) is 2.19. The smallest absolute Gasteiger partial charge is 0.258 e. The normalized spacial score (nSPS) is 23.6. The third kappa shape index (κ3) is 3.26. The molecule has 1 aliphatic rings. The number of fused-ring (bicyclic) bond motifs is 1. The summed E-state index contributed by atoms with van der Waals surface area (Å²) in [5, 5.41) is 1.15. The average Bonchev–Trinajstić information content (AvgIpc) is 2.36. The molecule has 0 radical (unpaired) electrons. The van der Waals surface area contributed by atoms with Crippen molar-refractivity contribution in [3.8, 4) is 0 Å². The summed E-state index contributed by atoms with van der Waals surface area (Å²) in [6.07, 6.45) is 0.380. The first-order valence-corrected chi connectivity index (χ1v) is 7.45. The molecule has 0 amide bonds. The van der Waals surface area contributed by atoms with E-state index in [4.69, 9.17) is 16.3 Å². The van der Waals surface area contributed by atoms with Gasteiger partial charge in [0.15, 0.2) is 0 Å². The lowest BCUT2D eigenvalue weighted by molar-refractivity contribution is -0.0710. The Bertz CT molecular complexity index is 706. The third-order valence-corrected chi connectivity index (χ3v) is 3.82. The lowest BCUT2D eigenvalue weighted by Gasteiger charge is -2.34. The van der Waals surface area contributed by atoms with Gasteiger partial charge < -0.3 is 9.72 Å². The number of nitrogens with one attached hydrogen (secondary N) is 1. The summed E-state index contributed by atoms with van der Waals surface area (Å²) in [7, 11) is 0. The van der Waals surface area contributed by atoms with Gasteiger partial charge in [-0.05, 0) is 32.0 Å². The molecule has 1 saturated heterocycles. The van der Waals surface area contributed by atoms with Gasteiger partial charge in [0.05, 0.1) is 29.7 Å². The molecule has 0 saturated carbocycles. The molecule has 2 heterocycles. The zero-order chi connectivity index (χ0) is 15.0. The van der Waals surface area contributed by atoms with Crippen LogP contribution in [0.15, 0.2) is 23.0 Å². The first-order valence-electron chi connectivity index (χ1n) is 7.07. The van der Waals surface area contributed by atoms with E-state index in [1.165, 1.54) is 0 Å². The van der Waals surface area contributed by atoms with E-state index in [0.29, 0.717) is 28.3 Å². The van der Waals surface area contributed by atoms with E-state index in [0.717, 1.165) is 13.1 Å². The molecule has 21 heavy (non-hydrogen) atoms. The second-order valence-electron chi connectivity index (χ2n) is 5.63. The van der Waals surface area contributed by atoms with Crippen LogP contribution in [0.4, 0.5) is 0 Å². The number of hydrogen-bond acceptors (Lipinski definition) is 4. The van der Waals surface area contributed by atoms with Crippen molar-refractivity contribution in [2.45, 2.75) is 32.6 Å². The zero-order valence-corrected chi connectivity index (χ0v) is 12.9. The Balaban J connectivity index is 1.89. The number of benzene rings is 1. The molecule has 2 aromatic rings. The summed E-state index contributed by atoms with van der Waals surface area (Å²) in [6, 6.07) is 5.12. The Kier molecular flexibility index (Phi) is 3.97. The van der Waals surface area contributed by atoms with E-state index >= 15 is 0 Å². The lowest BCUT2D eigenvalue weighted by Crippen LogP contribution is -2.45. The van der Waals surface area contributed by atoms with Crippen LogP contribution in [0.5, 0.6) is 0 Å². The van der Waals surface area contributed by atoms with Crippen molar-refractivity contribution >= 4 is 22.5 Å². The monoisotopic (exact) mass is 307 g/mol. The van der Waals surface area contributed by atoms with Crippen LogP contribution < -0.4 is 5.56 Å². The number of aromatic amines is 1. The van der Waals surface area contributed by atoms with Crippen LogP contribution in [0.25, 0.3) is 10.9 Å². The van der Waals surface area contributed by atoms with Crippen LogP contribution in [0, 0.1) is 0 Å². The molecule has 1 aromatic heterocycles. The molecule has 0 spiro atoms. The zero-order valence-electron chi connectivity index (χ0n) is 12.1. The first kappa shape index (κ1) is 14.5. The molecule has 112 valence electrons. The molecule has 1 fully saturated rings. The van der Waals surface area contributed by atoms with Gasteiger partial charge in [-0.25, -0.2) is 4.98 Å². The van der Waals surface area contributed by atoms with Crippen molar-refractivity contribution in [1.29, 1.82) is 0 Å². The van der Waals surface area contributed by atoms with Gasteiger partial charge in [-0.15, -0.1) is 0 Å². The highest BCUT2D eigenvalue weighted by Crippen LogP contribution is 2.16. The Hall–Kier alpha value is -1.43. The summed E-state index contributed by atoms with van der Waals surface area (Å²) >= 11 is 5.97. The molecule has 3 rings (SSSR count). The Morgan fingerprint density at radius 3 is 2.81 bits per heavy atom. The highest BCUT2D eigenvalue weighted by atomic mass is 35.5. The van der Waals surface area contributed by atoms with Crippen molar-refractivity contribution in [1.82, 2.24) is 14.9 Å². The summed E-state index contributed by atoms with van der Waals surface area (Å²) in [5.41, 5.74) is 0.511. The molecule has 1 aliphatic heterocycles. The molecule has 5 nitrogen and oxygen atoms in total. The average molecular weight is 308 g/mol. The fraction of sp³-hybridized carbons (Fsp3) is 0.467. The molecular formula is C15H18ClN3O2. The highest BCUT2D eigenvalue weighted by molar-refractivity contribution is 6.31. The number of ether oxygens (including phenoxy) is 1. The molecule has 0 bridgehead atoms.